The second-order valence-electron chi connectivity index (χ2n) is 35.6. The molecule has 0 aliphatic heterocycles. The van der Waals surface area contributed by atoms with E-state index in [0.29, 0.717) is 0 Å². The number of nitrogens with zero attached hydrogens (tertiary/aromatic N) is 6. The second kappa shape index (κ2) is 35.7. The van der Waals surface area contributed by atoms with Crippen molar-refractivity contribution in [3.63, 3.8) is 0 Å². The monoisotopic (exact) mass is 1610 g/mol. The molecule has 6 nitrogen and oxygen atoms in total. The van der Waals surface area contributed by atoms with E-state index in [-0.39, 0.29) is 5.92 Å². The maximum absolute atomic E-state index is 2.49. The zero-order valence-corrected chi connectivity index (χ0v) is 76.9. The van der Waals surface area contributed by atoms with E-state index in [4.69, 9.17) is 0 Å². The highest BCUT2D eigenvalue weighted by Crippen LogP contribution is 2.51. The number of benzene rings is 15. The first-order valence-electron chi connectivity index (χ1n) is 44.1. The van der Waals surface area contributed by atoms with E-state index in [1.807, 2.05) is 0 Å². The van der Waals surface area contributed by atoms with Crippen molar-refractivity contribution < 1.29 is 0 Å². The summed E-state index contributed by atoms with van der Waals surface area (Å²) < 4.78 is 0. The summed E-state index contributed by atoms with van der Waals surface area (Å²) in [4.78, 5) is 14.7. The van der Waals surface area contributed by atoms with Gasteiger partial charge in [-0.3, -0.25) is 0 Å². The van der Waals surface area contributed by atoms with Crippen molar-refractivity contribution in [1.29, 1.82) is 0 Å². The summed E-state index contributed by atoms with van der Waals surface area (Å²) >= 11 is 0. The minimum Gasteiger partial charge on any atom is -0.311 e. The minimum absolute atomic E-state index is 0.0636. The maximum atomic E-state index is 2.49. The average molecular weight is 1610 g/mol. The molecule has 0 spiro atoms. The molecular weight excluding hydrogens is 1490 g/mol. The number of unbranched alkanes of at least 4 members (excludes halogenated alkanes) is 1. The zero-order chi connectivity index (χ0) is 87.1. The third-order valence-electron chi connectivity index (χ3n) is 25.0. The van der Waals surface area contributed by atoms with Gasteiger partial charge in [-0.1, -0.05) is 179 Å². The van der Waals surface area contributed by atoms with Gasteiger partial charge in [-0.15, -0.1) is 0 Å². The van der Waals surface area contributed by atoms with Crippen molar-refractivity contribution in [2.45, 2.75) is 184 Å². The van der Waals surface area contributed by atoms with Crippen LogP contribution in [0.5, 0.6) is 0 Å². The fourth-order valence-electron chi connectivity index (χ4n) is 20.2. The minimum atomic E-state index is 0.0636. The molecular formula is C117H122N6. The van der Waals surface area contributed by atoms with E-state index in [9.17, 15) is 0 Å². The average Bonchev–Trinajstić information content (AvgIpc) is 0.760. The maximum Gasteiger partial charge on any atom is 0.0520 e. The van der Waals surface area contributed by atoms with E-state index < -0.39 is 0 Å². The van der Waals surface area contributed by atoms with Gasteiger partial charge in [0.15, 0.2) is 0 Å². The van der Waals surface area contributed by atoms with Crippen LogP contribution in [0, 0.1) is 152 Å². The van der Waals surface area contributed by atoms with Gasteiger partial charge in [-0.2, -0.15) is 0 Å². The Labute approximate surface area is 735 Å². The van der Waals surface area contributed by atoms with Crippen LogP contribution in [-0.4, -0.2) is 0 Å². The molecule has 620 valence electrons. The molecule has 6 heteroatoms. The lowest BCUT2D eigenvalue weighted by molar-refractivity contribution is 0.792. The Morgan fingerprint density at radius 3 is 0.569 bits per heavy atom. The number of anilines is 18. The van der Waals surface area contributed by atoms with Gasteiger partial charge in [0.05, 0.1) is 28.4 Å². The van der Waals surface area contributed by atoms with Crippen LogP contribution in [-0.2, 0) is 6.42 Å². The molecule has 15 aromatic rings. The predicted octanol–water partition coefficient (Wildman–Crippen LogP) is 33.8. The van der Waals surface area contributed by atoms with Gasteiger partial charge < -0.3 is 29.4 Å². The van der Waals surface area contributed by atoms with E-state index in [1.165, 1.54) is 180 Å². The van der Waals surface area contributed by atoms with Crippen LogP contribution >= 0.6 is 0 Å². The van der Waals surface area contributed by atoms with Crippen molar-refractivity contribution in [3.05, 3.63) is 424 Å². The van der Waals surface area contributed by atoms with Gasteiger partial charge >= 0.3 is 0 Å². The molecule has 0 heterocycles. The first-order chi connectivity index (χ1) is 59.0. The van der Waals surface area contributed by atoms with Crippen LogP contribution in [0.25, 0.3) is 0 Å². The Kier molecular flexibility index (Phi) is 24.7. The molecule has 15 rings (SSSR count). The summed E-state index contributed by atoms with van der Waals surface area (Å²) in [5.74, 6) is 0.0636. The van der Waals surface area contributed by atoms with Crippen LogP contribution in [0.3, 0.4) is 0 Å². The molecule has 0 amide bonds. The highest BCUT2D eigenvalue weighted by atomic mass is 15.2. The SMILES string of the molecule is CCCCc1cc(C)c(C(c2ccc(N(c3ccc(N(c4ccc(C)cc4)c4ccc(N(c5ccc(N(c6ccc(C)cc6)c6ccc(N(c7ccc(N(c8c(C)cc(C)cc8C)c8c(C)cc(C)cc8C)cc7)c7c(C)cc(C)cc7C)cc6)cc5)c5c(C)cc(C)cc5C)cc4)cc3)c3c(C)cc(C)cc3C)cc2)c2c(C)cc(C)cc2C)c(C)c1. The molecule has 0 N–H and O–H groups in total. The fourth-order valence-corrected chi connectivity index (χ4v) is 20.2. The molecule has 0 saturated heterocycles. The van der Waals surface area contributed by atoms with Crippen molar-refractivity contribution >= 4 is 102 Å². The van der Waals surface area contributed by atoms with Gasteiger partial charge in [0, 0.05) is 79.9 Å². The Bertz CT molecular complexity index is 6130. The first kappa shape index (κ1) is 85.1. The normalized spacial score (nSPS) is 11.6. The molecule has 0 saturated carbocycles. The van der Waals surface area contributed by atoms with E-state index >= 15 is 0 Å². The predicted molar refractivity (Wildman–Crippen MR) is 531 cm³/mol. The van der Waals surface area contributed by atoms with Crippen LogP contribution in [0.1, 0.15) is 170 Å². The zero-order valence-electron chi connectivity index (χ0n) is 76.9. The molecule has 0 bridgehead atoms. The Morgan fingerprint density at radius 1 is 0.179 bits per heavy atom. The Hall–Kier alpha value is -12.9. The van der Waals surface area contributed by atoms with Gasteiger partial charge in [-0.05, 0) is 423 Å². The van der Waals surface area contributed by atoms with Crippen LogP contribution < -0.4 is 29.4 Å². The molecule has 15 aromatic carbocycles. The molecule has 0 fully saturated rings. The molecule has 0 aromatic heterocycles. The van der Waals surface area contributed by atoms with E-state index in [1.54, 1.807) is 0 Å². The molecule has 1 unspecified atom stereocenters. The third kappa shape index (κ3) is 17.5. The molecule has 0 aliphatic rings. The van der Waals surface area contributed by atoms with Gasteiger partial charge in [-0.25, -0.2) is 0 Å². The number of hydrogen-bond donors (Lipinski definition) is 0. The quantitative estimate of drug-likeness (QED) is 0.0558. The highest BCUT2D eigenvalue weighted by molar-refractivity contribution is 5.91. The Balaban J connectivity index is 0.777. The third-order valence-corrected chi connectivity index (χ3v) is 25.0. The van der Waals surface area contributed by atoms with Crippen molar-refractivity contribution in [2.24, 2.45) is 0 Å². The Morgan fingerprint density at radius 2 is 0.350 bits per heavy atom. The van der Waals surface area contributed by atoms with Gasteiger partial charge in [0.25, 0.3) is 0 Å². The van der Waals surface area contributed by atoms with Crippen molar-refractivity contribution in [2.75, 3.05) is 29.4 Å². The van der Waals surface area contributed by atoms with Crippen molar-refractivity contribution in [1.82, 2.24) is 0 Å². The van der Waals surface area contributed by atoms with Crippen LogP contribution in [0.15, 0.2) is 279 Å². The summed E-state index contributed by atoms with van der Waals surface area (Å²) in [5, 5.41) is 0. The molecule has 0 radical (unpaired) electrons. The fraction of sp³-hybridized carbons (Fsp3) is 0.231. The highest BCUT2D eigenvalue weighted by Gasteiger charge is 2.30. The summed E-state index contributed by atoms with van der Waals surface area (Å²) in [6.07, 6.45) is 3.48. The van der Waals surface area contributed by atoms with Gasteiger partial charge in [0.1, 0.15) is 0 Å². The number of aryl methyl sites for hydroxylation is 23. The lowest BCUT2D eigenvalue weighted by Crippen LogP contribution is -2.17. The summed E-state index contributed by atoms with van der Waals surface area (Å²) in [6, 6.07) is 106. The number of hydrogen-bond acceptors (Lipinski definition) is 6. The summed E-state index contributed by atoms with van der Waals surface area (Å²) in [6.45, 7) is 51.6. The number of rotatable bonds is 24. The standard InChI is InChI=1S/C117H122N6/c1-24-25-26-95-71-83(12)111(84(13)72-95)112(110-81(10)59-75(4)60-82(110)11)96-31-37-103(38-32-96)120(113-85(14)61-76(5)62-86(113)15)104-47-39-99(40-48-104)118(97-33-27-73(2)28-34-97)100-41-49-105(50-42-100)121(114-87(16)63-77(6)64-88(114)17)106-51-43-101(44-52-106)119(98-35-29-74(3)30-36-98)102-45-53-107(54-46-102)122(115-89(18)65-78(7)66-90(115)19)108-55-57-109(58-56-108)123(116-91(20)67-79(8)68-92(116)21)117-93(22)69-80(9)70-94(117)23/h27-72,112H,24-26H2,1-23H3. The second-order valence-corrected chi connectivity index (χ2v) is 35.6. The van der Waals surface area contributed by atoms with Crippen LogP contribution in [0.4, 0.5) is 102 Å². The lowest BCUT2D eigenvalue weighted by Gasteiger charge is -2.33. The van der Waals surface area contributed by atoms with Crippen LogP contribution in [0.2, 0.25) is 0 Å². The molecule has 123 heavy (non-hydrogen) atoms. The summed E-state index contributed by atoms with van der Waals surface area (Å²) in [7, 11) is 0. The lowest BCUT2D eigenvalue weighted by atomic mass is 9.76. The first-order valence-corrected chi connectivity index (χ1v) is 44.1. The van der Waals surface area contributed by atoms with Crippen molar-refractivity contribution in [3.8, 4) is 0 Å². The van der Waals surface area contributed by atoms with Gasteiger partial charge in [0.2, 0.25) is 0 Å². The molecule has 1 atom stereocenters. The van der Waals surface area contributed by atoms with E-state index in [0.717, 1.165) is 86.0 Å². The largest absolute Gasteiger partial charge is 0.311 e. The summed E-state index contributed by atoms with van der Waals surface area (Å²) in [5.41, 5.74) is 53.1. The van der Waals surface area contributed by atoms with E-state index in [2.05, 4.69) is 468 Å². The smallest absolute Gasteiger partial charge is 0.0520 e. The topological polar surface area (TPSA) is 19.4 Å². The molecule has 0 aliphatic carbocycles.